The SMILES string of the molecule is C/C(=N/Nc1nc(C)cc(=O)[nH]1)c1cccnc1. The van der Waals surface area contributed by atoms with Crippen molar-refractivity contribution in [2.45, 2.75) is 13.8 Å². The van der Waals surface area contributed by atoms with Crippen molar-refractivity contribution in [3.05, 3.63) is 52.2 Å². The minimum atomic E-state index is -0.209. The highest BCUT2D eigenvalue weighted by molar-refractivity contribution is 5.98. The molecule has 0 unspecified atom stereocenters. The Morgan fingerprint density at radius 1 is 1.50 bits per heavy atom. The number of aromatic nitrogens is 3. The molecule has 0 aliphatic rings. The first kappa shape index (κ1) is 12.0. The number of hydrazone groups is 1. The number of nitrogens with one attached hydrogen (secondary N) is 2. The van der Waals surface area contributed by atoms with Crippen molar-refractivity contribution in [1.29, 1.82) is 0 Å². The summed E-state index contributed by atoms with van der Waals surface area (Å²) in [5.41, 5.74) is 4.80. The third-order valence-electron chi connectivity index (χ3n) is 2.28. The lowest BCUT2D eigenvalue weighted by atomic mass is 10.2. The second-order valence-electron chi connectivity index (χ2n) is 3.79. The summed E-state index contributed by atoms with van der Waals surface area (Å²) in [4.78, 5) is 21.9. The molecule has 0 fully saturated rings. The highest BCUT2D eigenvalue weighted by Gasteiger charge is 1.98. The Hall–Kier alpha value is -2.50. The summed E-state index contributed by atoms with van der Waals surface area (Å²) in [6, 6.07) is 5.16. The van der Waals surface area contributed by atoms with Gasteiger partial charge in [0.1, 0.15) is 0 Å². The number of nitrogens with zero attached hydrogens (tertiary/aromatic N) is 3. The van der Waals surface area contributed by atoms with Gasteiger partial charge < -0.3 is 0 Å². The van der Waals surface area contributed by atoms with Crippen LogP contribution in [0.3, 0.4) is 0 Å². The molecule has 92 valence electrons. The summed E-state index contributed by atoms with van der Waals surface area (Å²) in [6.45, 7) is 3.59. The van der Waals surface area contributed by atoms with E-state index in [1.807, 2.05) is 19.1 Å². The molecule has 6 nitrogen and oxygen atoms in total. The van der Waals surface area contributed by atoms with Gasteiger partial charge in [-0.15, -0.1) is 0 Å². The van der Waals surface area contributed by atoms with E-state index < -0.39 is 0 Å². The number of hydrogen-bond acceptors (Lipinski definition) is 5. The molecule has 0 bridgehead atoms. The average molecular weight is 243 g/mol. The molecule has 0 amide bonds. The maximum absolute atomic E-state index is 11.2. The molecule has 6 heteroatoms. The third kappa shape index (κ3) is 3.00. The van der Waals surface area contributed by atoms with Crippen LogP contribution in [0.5, 0.6) is 0 Å². The van der Waals surface area contributed by atoms with Crippen LogP contribution in [0.2, 0.25) is 0 Å². The van der Waals surface area contributed by atoms with Crippen LogP contribution in [-0.2, 0) is 0 Å². The van der Waals surface area contributed by atoms with Crippen LogP contribution in [0.15, 0.2) is 40.5 Å². The largest absolute Gasteiger partial charge is 0.291 e. The number of hydrogen-bond donors (Lipinski definition) is 2. The van der Waals surface area contributed by atoms with Gasteiger partial charge in [-0.1, -0.05) is 6.07 Å². The van der Waals surface area contributed by atoms with Crippen molar-refractivity contribution in [2.24, 2.45) is 5.10 Å². The Kier molecular flexibility index (Phi) is 3.47. The van der Waals surface area contributed by atoms with Crippen LogP contribution in [0, 0.1) is 6.92 Å². The molecule has 0 spiro atoms. The van der Waals surface area contributed by atoms with Gasteiger partial charge in [0.15, 0.2) is 0 Å². The van der Waals surface area contributed by atoms with Gasteiger partial charge in [0.2, 0.25) is 5.95 Å². The van der Waals surface area contributed by atoms with Gasteiger partial charge >= 0.3 is 0 Å². The zero-order chi connectivity index (χ0) is 13.0. The first-order chi connectivity index (χ1) is 8.65. The van der Waals surface area contributed by atoms with Crippen molar-refractivity contribution in [1.82, 2.24) is 15.0 Å². The number of anilines is 1. The van der Waals surface area contributed by atoms with Crippen LogP contribution in [0.25, 0.3) is 0 Å². The van der Waals surface area contributed by atoms with Crippen molar-refractivity contribution >= 4 is 11.7 Å². The predicted molar refractivity (Wildman–Crippen MR) is 69.7 cm³/mol. The topological polar surface area (TPSA) is 83.0 Å². The van der Waals surface area contributed by atoms with Gasteiger partial charge in [-0.25, -0.2) is 10.4 Å². The molecular weight excluding hydrogens is 230 g/mol. The molecule has 2 rings (SSSR count). The Morgan fingerprint density at radius 3 is 3.00 bits per heavy atom. The van der Waals surface area contributed by atoms with E-state index in [1.54, 1.807) is 19.3 Å². The normalized spacial score (nSPS) is 11.3. The Labute approximate surface area is 104 Å². The Bertz CT molecular complexity index is 618. The quantitative estimate of drug-likeness (QED) is 0.629. The van der Waals surface area contributed by atoms with Gasteiger partial charge in [-0.3, -0.25) is 14.8 Å². The van der Waals surface area contributed by atoms with E-state index in [0.29, 0.717) is 11.6 Å². The fraction of sp³-hybridized carbons (Fsp3) is 0.167. The van der Waals surface area contributed by atoms with E-state index in [0.717, 1.165) is 11.3 Å². The zero-order valence-corrected chi connectivity index (χ0v) is 10.1. The van der Waals surface area contributed by atoms with E-state index in [9.17, 15) is 4.79 Å². The number of H-pyrrole nitrogens is 1. The standard InChI is InChI=1S/C12H13N5O/c1-8-6-11(18)15-12(14-8)17-16-9(2)10-4-3-5-13-7-10/h3-7H,1-2H3,(H2,14,15,17,18)/b16-9-. The molecular formula is C12H13N5O. The van der Waals surface area contributed by atoms with Crippen LogP contribution < -0.4 is 11.0 Å². The summed E-state index contributed by atoms with van der Waals surface area (Å²) in [5.74, 6) is 0.322. The molecule has 2 aromatic rings. The van der Waals surface area contributed by atoms with Gasteiger partial charge in [0, 0.05) is 29.7 Å². The van der Waals surface area contributed by atoms with Crippen LogP contribution in [-0.4, -0.2) is 20.7 Å². The highest BCUT2D eigenvalue weighted by Crippen LogP contribution is 2.00. The lowest BCUT2D eigenvalue weighted by Gasteiger charge is -2.02. The first-order valence-corrected chi connectivity index (χ1v) is 5.44. The lowest BCUT2D eigenvalue weighted by molar-refractivity contribution is 1.04. The smallest absolute Gasteiger partial charge is 0.252 e. The summed E-state index contributed by atoms with van der Waals surface area (Å²) in [5, 5.41) is 4.14. The van der Waals surface area contributed by atoms with Crippen molar-refractivity contribution in [3.8, 4) is 0 Å². The predicted octanol–water partition coefficient (Wildman–Crippen LogP) is 1.31. The summed E-state index contributed by atoms with van der Waals surface area (Å²) < 4.78 is 0. The maximum atomic E-state index is 11.2. The highest BCUT2D eigenvalue weighted by atomic mass is 16.1. The van der Waals surface area contributed by atoms with E-state index in [4.69, 9.17) is 0 Å². The fourth-order valence-corrected chi connectivity index (χ4v) is 1.41. The summed E-state index contributed by atoms with van der Waals surface area (Å²) >= 11 is 0. The molecule has 0 saturated carbocycles. The van der Waals surface area contributed by atoms with E-state index >= 15 is 0 Å². The van der Waals surface area contributed by atoms with Crippen LogP contribution in [0.4, 0.5) is 5.95 Å². The molecule has 18 heavy (non-hydrogen) atoms. The van der Waals surface area contributed by atoms with Crippen molar-refractivity contribution in [2.75, 3.05) is 5.43 Å². The minimum Gasteiger partial charge on any atom is -0.291 e. The third-order valence-corrected chi connectivity index (χ3v) is 2.28. The summed E-state index contributed by atoms with van der Waals surface area (Å²) in [7, 11) is 0. The molecule has 2 N–H and O–H groups in total. The first-order valence-electron chi connectivity index (χ1n) is 5.44. The second kappa shape index (κ2) is 5.22. The molecule has 0 aliphatic carbocycles. The Balaban J connectivity index is 2.18. The van der Waals surface area contributed by atoms with Gasteiger partial charge in [-0.2, -0.15) is 5.10 Å². The molecule has 0 saturated heterocycles. The number of rotatable bonds is 3. The number of aromatic amines is 1. The fourth-order valence-electron chi connectivity index (χ4n) is 1.41. The van der Waals surface area contributed by atoms with E-state index in [1.165, 1.54) is 6.07 Å². The molecule has 0 radical (unpaired) electrons. The van der Waals surface area contributed by atoms with Gasteiger partial charge in [0.05, 0.1) is 5.71 Å². The lowest BCUT2D eigenvalue weighted by Crippen LogP contribution is -2.11. The minimum absolute atomic E-state index is 0.209. The van der Waals surface area contributed by atoms with E-state index in [-0.39, 0.29) is 5.56 Å². The molecule has 0 aromatic carbocycles. The van der Waals surface area contributed by atoms with Crippen LogP contribution >= 0.6 is 0 Å². The summed E-state index contributed by atoms with van der Waals surface area (Å²) in [6.07, 6.45) is 3.41. The number of aryl methyl sites for hydroxylation is 1. The van der Waals surface area contributed by atoms with Crippen molar-refractivity contribution in [3.63, 3.8) is 0 Å². The second-order valence-corrected chi connectivity index (χ2v) is 3.79. The maximum Gasteiger partial charge on any atom is 0.252 e. The molecule has 2 aromatic heterocycles. The van der Waals surface area contributed by atoms with Crippen molar-refractivity contribution < 1.29 is 0 Å². The number of pyridine rings is 1. The molecule has 2 heterocycles. The Morgan fingerprint density at radius 2 is 2.33 bits per heavy atom. The molecule has 0 atom stereocenters. The van der Waals surface area contributed by atoms with Crippen LogP contribution in [0.1, 0.15) is 18.2 Å². The van der Waals surface area contributed by atoms with Gasteiger partial charge in [0.25, 0.3) is 5.56 Å². The molecule has 0 aliphatic heterocycles. The van der Waals surface area contributed by atoms with Gasteiger partial charge in [-0.05, 0) is 19.9 Å². The average Bonchev–Trinajstić information content (AvgIpc) is 2.36. The zero-order valence-electron chi connectivity index (χ0n) is 10.1. The monoisotopic (exact) mass is 243 g/mol. The van der Waals surface area contributed by atoms with E-state index in [2.05, 4.69) is 25.5 Å².